The fourth-order valence-corrected chi connectivity index (χ4v) is 1.36. The summed E-state index contributed by atoms with van der Waals surface area (Å²) in [5.74, 6) is -1.30. The van der Waals surface area contributed by atoms with Crippen molar-refractivity contribution in [3.05, 3.63) is 45.5 Å². The van der Waals surface area contributed by atoms with Gasteiger partial charge in [-0.2, -0.15) is 5.21 Å². The third-order valence-corrected chi connectivity index (χ3v) is 2.20. The van der Waals surface area contributed by atoms with Gasteiger partial charge < -0.3 is 5.32 Å². The van der Waals surface area contributed by atoms with Crippen LogP contribution in [-0.4, -0.2) is 31.5 Å². The van der Waals surface area contributed by atoms with Crippen LogP contribution < -0.4 is 5.32 Å². The molecular formula is C9H7FN6O3. The van der Waals surface area contributed by atoms with Crippen molar-refractivity contribution < 1.29 is 14.1 Å². The number of benzene rings is 1. The molecule has 2 rings (SSSR count). The molecule has 0 bridgehead atoms. The third kappa shape index (κ3) is 2.86. The number of halogens is 1. The van der Waals surface area contributed by atoms with Gasteiger partial charge in [0.1, 0.15) is 11.4 Å². The number of carbonyl (C=O) groups excluding carboxylic acids is 1. The molecule has 2 aromatic rings. The third-order valence-electron chi connectivity index (χ3n) is 2.20. The van der Waals surface area contributed by atoms with Gasteiger partial charge in [-0.3, -0.25) is 14.9 Å². The minimum Gasteiger partial charge on any atom is -0.344 e. The molecule has 0 saturated carbocycles. The number of nitro benzene ring substituents is 1. The number of carbonyl (C=O) groups is 1. The molecule has 0 fully saturated rings. The maximum Gasteiger partial charge on any atom is 0.285 e. The highest BCUT2D eigenvalue weighted by atomic mass is 19.1. The monoisotopic (exact) mass is 266 g/mol. The zero-order chi connectivity index (χ0) is 13.8. The molecule has 0 spiro atoms. The van der Waals surface area contributed by atoms with Gasteiger partial charge in [0.25, 0.3) is 11.6 Å². The predicted molar refractivity (Wildman–Crippen MR) is 58.4 cm³/mol. The van der Waals surface area contributed by atoms with Gasteiger partial charge in [-0.05, 0) is 12.1 Å². The van der Waals surface area contributed by atoms with E-state index in [4.69, 9.17) is 0 Å². The van der Waals surface area contributed by atoms with E-state index in [2.05, 4.69) is 25.9 Å². The first-order valence-corrected chi connectivity index (χ1v) is 5.02. The number of rotatable bonds is 4. The summed E-state index contributed by atoms with van der Waals surface area (Å²) in [6.07, 6.45) is 0. The van der Waals surface area contributed by atoms with Gasteiger partial charge in [0, 0.05) is 0 Å². The fourth-order valence-electron chi connectivity index (χ4n) is 1.36. The van der Waals surface area contributed by atoms with Gasteiger partial charge in [-0.25, -0.2) is 4.39 Å². The Morgan fingerprint density at radius 1 is 1.53 bits per heavy atom. The molecule has 0 unspecified atom stereocenters. The lowest BCUT2D eigenvalue weighted by Gasteiger charge is -2.03. The number of nitrogens with one attached hydrogen (secondary N) is 2. The van der Waals surface area contributed by atoms with E-state index in [1.165, 1.54) is 0 Å². The summed E-state index contributed by atoms with van der Waals surface area (Å²) in [6, 6.07) is 2.69. The number of tetrazole rings is 1. The summed E-state index contributed by atoms with van der Waals surface area (Å²) >= 11 is 0. The lowest BCUT2D eigenvalue weighted by Crippen LogP contribution is -2.24. The Morgan fingerprint density at radius 2 is 2.32 bits per heavy atom. The second kappa shape index (κ2) is 5.16. The van der Waals surface area contributed by atoms with E-state index >= 15 is 0 Å². The first kappa shape index (κ1) is 12.5. The number of aromatic nitrogens is 4. The van der Waals surface area contributed by atoms with Gasteiger partial charge in [-0.1, -0.05) is 5.21 Å². The van der Waals surface area contributed by atoms with Crippen molar-refractivity contribution in [2.75, 3.05) is 0 Å². The molecule has 0 atom stereocenters. The van der Waals surface area contributed by atoms with Crippen molar-refractivity contribution in [2.24, 2.45) is 0 Å². The first-order chi connectivity index (χ1) is 9.08. The second-order valence-corrected chi connectivity index (χ2v) is 3.43. The van der Waals surface area contributed by atoms with Crippen molar-refractivity contribution in [3.8, 4) is 0 Å². The summed E-state index contributed by atoms with van der Waals surface area (Å²) < 4.78 is 12.9. The summed E-state index contributed by atoms with van der Waals surface area (Å²) in [4.78, 5) is 21.7. The number of nitrogens with zero attached hydrogens (tertiary/aromatic N) is 4. The Kier molecular flexibility index (Phi) is 3.41. The van der Waals surface area contributed by atoms with Crippen LogP contribution in [0.2, 0.25) is 0 Å². The summed E-state index contributed by atoms with van der Waals surface area (Å²) in [6.45, 7) is -0.0517. The van der Waals surface area contributed by atoms with Crippen LogP contribution in [0.1, 0.15) is 16.2 Å². The quantitative estimate of drug-likeness (QED) is 0.600. The van der Waals surface area contributed by atoms with Gasteiger partial charge in [-0.15, -0.1) is 10.2 Å². The predicted octanol–water partition coefficient (Wildman–Crippen LogP) is 0.177. The van der Waals surface area contributed by atoms with Crippen LogP contribution in [0.5, 0.6) is 0 Å². The smallest absolute Gasteiger partial charge is 0.285 e. The Balaban J connectivity index is 2.16. The highest BCUT2D eigenvalue weighted by Crippen LogP contribution is 2.19. The molecule has 0 saturated heterocycles. The van der Waals surface area contributed by atoms with Gasteiger partial charge in [0.2, 0.25) is 0 Å². The normalized spacial score (nSPS) is 10.2. The average Bonchev–Trinajstić information content (AvgIpc) is 2.88. The summed E-state index contributed by atoms with van der Waals surface area (Å²) in [7, 11) is 0. The molecule has 2 N–H and O–H groups in total. The van der Waals surface area contributed by atoms with Gasteiger partial charge in [0.15, 0.2) is 5.82 Å². The van der Waals surface area contributed by atoms with Crippen molar-refractivity contribution >= 4 is 11.6 Å². The minimum absolute atomic E-state index is 0.0517. The second-order valence-electron chi connectivity index (χ2n) is 3.43. The van der Waals surface area contributed by atoms with E-state index in [1.807, 2.05) is 0 Å². The highest BCUT2D eigenvalue weighted by Gasteiger charge is 2.20. The molecule has 1 aromatic carbocycles. The standard InChI is InChI=1S/C9H7FN6O3/c10-5-1-2-6(7(3-5)16(18)19)9(17)11-4-8-12-14-15-13-8/h1-3H,4H2,(H,11,17)(H,12,13,14,15). The van der Waals surface area contributed by atoms with Crippen LogP contribution in [-0.2, 0) is 6.54 Å². The Morgan fingerprint density at radius 3 is 2.95 bits per heavy atom. The molecule has 0 radical (unpaired) electrons. The zero-order valence-corrected chi connectivity index (χ0v) is 9.33. The topological polar surface area (TPSA) is 127 Å². The van der Waals surface area contributed by atoms with E-state index < -0.39 is 22.3 Å². The molecule has 0 aliphatic carbocycles. The van der Waals surface area contributed by atoms with E-state index in [9.17, 15) is 19.3 Å². The number of aromatic amines is 1. The molecule has 9 nitrogen and oxygen atoms in total. The van der Waals surface area contributed by atoms with Crippen LogP contribution in [0, 0.1) is 15.9 Å². The van der Waals surface area contributed by atoms with Crippen molar-refractivity contribution in [1.29, 1.82) is 0 Å². The highest BCUT2D eigenvalue weighted by molar-refractivity contribution is 5.98. The molecule has 98 valence electrons. The van der Waals surface area contributed by atoms with Crippen LogP contribution in [0.4, 0.5) is 10.1 Å². The number of nitro groups is 1. The lowest BCUT2D eigenvalue weighted by atomic mass is 10.1. The van der Waals surface area contributed by atoms with Crippen molar-refractivity contribution in [1.82, 2.24) is 25.9 Å². The Labute approximate surface area is 105 Å². The maximum absolute atomic E-state index is 12.9. The van der Waals surface area contributed by atoms with E-state index in [-0.39, 0.29) is 17.9 Å². The lowest BCUT2D eigenvalue weighted by molar-refractivity contribution is -0.385. The molecular weight excluding hydrogens is 259 g/mol. The molecule has 1 aromatic heterocycles. The van der Waals surface area contributed by atoms with E-state index in [0.29, 0.717) is 6.07 Å². The number of H-pyrrole nitrogens is 1. The molecule has 19 heavy (non-hydrogen) atoms. The molecule has 0 aliphatic rings. The SMILES string of the molecule is O=C(NCc1nn[nH]n1)c1ccc(F)cc1[N+](=O)[O-]. The fraction of sp³-hybridized carbons (Fsp3) is 0.111. The van der Waals surface area contributed by atoms with Crippen molar-refractivity contribution in [3.63, 3.8) is 0 Å². The van der Waals surface area contributed by atoms with Crippen LogP contribution in [0.3, 0.4) is 0 Å². The average molecular weight is 266 g/mol. The van der Waals surface area contributed by atoms with Gasteiger partial charge in [0.05, 0.1) is 17.5 Å². The van der Waals surface area contributed by atoms with Crippen LogP contribution >= 0.6 is 0 Å². The summed E-state index contributed by atoms with van der Waals surface area (Å²) in [5.41, 5.74) is -0.847. The molecule has 1 heterocycles. The van der Waals surface area contributed by atoms with E-state index in [1.54, 1.807) is 0 Å². The van der Waals surface area contributed by atoms with Crippen LogP contribution in [0.15, 0.2) is 18.2 Å². The van der Waals surface area contributed by atoms with Crippen molar-refractivity contribution in [2.45, 2.75) is 6.54 Å². The zero-order valence-electron chi connectivity index (χ0n) is 9.33. The molecule has 0 aliphatic heterocycles. The number of amides is 1. The van der Waals surface area contributed by atoms with E-state index in [0.717, 1.165) is 12.1 Å². The summed E-state index contributed by atoms with van der Waals surface area (Å²) in [5, 5.41) is 25.8. The first-order valence-electron chi connectivity index (χ1n) is 5.02. The largest absolute Gasteiger partial charge is 0.344 e. The van der Waals surface area contributed by atoms with Gasteiger partial charge >= 0.3 is 0 Å². The number of hydrogen-bond donors (Lipinski definition) is 2. The Bertz CT molecular complexity index is 614. The number of hydrogen-bond acceptors (Lipinski definition) is 6. The van der Waals surface area contributed by atoms with Crippen LogP contribution in [0.25, 0.3) is 0 Å². The Hall–Kier alpha value is -2.91. The molecule has 10 heteroatoms. The minimum atomic E-state index is -0.827. The molecule has 1 amide bonds. The maximum atomic E-state index is 12.9.